The van der Waals surface area contributed by atoms with Crippen molar-refractivity contribution in [3.63, 3.8) is 0 Å². The van der Waals surface area contributed by atoms with Crippen molar-refractivity contribution in [3.8, 4) is 0 Å². The van der Waals surface area contributed by atoms with E-state index < -0.39 is 18.4 Å². The zero-order valence-electron chi connectivity index (χ0n) is 9.43. The second-order valence-corrected chi connectivity index (χ2v) is 4.97. The minimum absolute atomic E-state index is 0.172. The Labute approximate surface area is 104 Å². The molecule has 0 aromatic carbocycles. The summed E-state index contributed by atoms with van der Waals surface area (Å²) in [5.41, 5.74) is 0. The quantitative estimate of drug-likeness (QED) is 0.681. The number of nitrogens with one attached hydrogen (secondary N) is 1. The summed E-state index contributed by atoms with van der Waals surface area (Å²) in [4.78, 5) is 24.4. The lowest BCUT2D eigenvalue weighted by atomic mass is 10.1. The highest BCUT2D eigenvalue weighted by atomic mass is 35.5. The zero-order chi connectivity index (χ0) is 12.6. The fourth-order valence-corrected chi connectivity index (χ4v) is 2.35. The van der Waals surface area contributed by atoms with Gasteiger partial charge in [0.1, 0.15) is 6.23 Å². The van der Waals surface area contributed by atoms with Crippen LogP contribution in [0, 0.1) is 5.92 Å². The maximum absolute atomic E-state index is 11.6. The van der Waals surface area contributed by atoms with Crippen LogP contribution < -0.4 is 5.32 Å². The summed E-state index contributed by atoms with van der Waals surface area (Å²) in [7, 11) is 0. The molecule has 2 heterocycles. The Balaban J connectivity index is 2.03. The molecule has 2 rings (SSSR count). The van der Waals surface area contributed by atoms with Crippen LogP contribution >= 0.6 is 11.6 Å². The van der Waals surface area contributed by atoms with Gasteiger partial charge in [-0.2, -0.15) is 0 Å². The molecule has 0 aromatic heterocycles. The molecule has 2 aliphatic heterocycles. The summed E-state index contributed by atoms with van der Waals surface area (Å²) in [5.74, 6) is -0.538. The standard InChI is InChI=1S/C10H15ClN2O4/c1-5-3-13(10(16)12-9(5)15)8-2-6(11)7(4-14)17-8/h5-8,14H,2-4H2,1H3,(H,12,15,16)/t5?,6-,7+,8+/m0/s1. The number of rotatable bonds is 2. The Kier molecular flexibility index (Phi) is 3.56. The van der Waals surface area contributed by atoms with Gasteiger partial charge in [0.25, 0.3) is 0 Å². The van der Waals surface area contributed by atoms with Crippen LogP contribution in [-0.4, -0.2) is 52.8 Å². The van der Waals surface area contributed by atoms with Crippen LogP contribution in [-0.2, 0) is 9.53 Å². The highest BCUT2D eigenvalue weighted by Crippen LogP contribution is 2.28. The number of aliphatic hydroxyl groups is 1. The van der Waals surface area contributed by atoms with Gasteiger partial charge in [-0.25, -0.2) is 4.79 Å². The third-order valence-corrected chi connectivity index (χ3v) is 3.56. The van der Waals surface area contributed by atoms with Crippen molar-refractivity contribution in [3.05, 3.63) is 0 Å². The third kappa shape index (κ3) is 2.38. The van der Waals surface area contributed by atoms with Gasteiger partial charge in [-0.1, -0.05) is 6.92 Å². The van der Waals surface area contributed by atoms with Crippen molar-refractivity contribution in [2.75, 3.05) is 13.2 Å². The lowest BCUT2D eigenvalue weighted by Gasteiger charge is -2.34. The second kappa shape index (κ2) is 4.80. The van der Waals surface area contributed by atoms with E-state index in [1.807, 2.05) is 0 Å². The third-order valence-electron chi connectivity index (χ3n) is 3.10. The molecule has 4 atom stereocenters. The van der Waals surface area contributed by atoms with E-state index in [4.69, 9.17) is 21.4 Å². The predicted octanol–water partition coefficient (Wildman–Crippen LogP) is -0.111. The molecule has 17 heavy (non-hydrogen) atoms. The molecular weight excluding hydrogens is 248 g/mol. The number of carbonyl (C=O) groups excluding carboxylic acids is 2. The number of urea groups is 1. The summed E-state index contributed by atoms with van der Waals surface area (Å²) in [6.45, 7) is 1.89. The topological polar surface area (TPSA) is 78.9 Å². The molecule has 0 aliphatic carbocycles. The fraction of sp³-hybridized carbons (Fsp3) is 0.800. The van der Waals surface area contributed by atoms with Crippen molar-refractivity contribution in [2.45, 2.75) is 31.1 Å². The van der Waals surface area contributed by atoms with Crippen LogP contribution in [0.25, 0.3) is 0 Å². The highest BCUT2D eigenvalue weighted by molar-refractivity contribution is 6.21. The van der Waals surface area contributed by atoms with Gasteiger partial charge in [0.15, 0.2) is 0 Å². The van der Waals surface area contributed by atoms with E-state index >= 15 is 0 Å². The number of ether oxygens (including phenoxy) is 1. The molecule has 0 spiro atoms. The van der Waals surface area contributed by atoms with E-state index in [1.54, 1.807) is 6.92 Å². The average molecular weight is 263 g/mol. The molecule has 1 unspecified atom stereocenters. The van der Waals surface area contributed by atoms with Gasteiger partial charge in [0, 0.05) is 13.0 Å². The van der Waals surface area contributed by atoms with E-state index in [0.29, 0.717) is 13.0 Å². The molecule has 0 radical (unpaired) electrons. The first kappa shape index (κ1) is 12.6. The number of aliphatic hydroxyl groups excluding tert-OH is 1. The number of imide groups is 1. The van der Waals surface area contributed by atoms with Crippen LogP contribution in [0.1, 0.15) is 13.3 Å². The summed E-state index contributed by atoms with van der Waals surface area (Å²) >= 11 is 5.99. The number of amides is 3. The largest absolute Gasteiger partial charge is 0.394 e. The molecule has 7 heteroatoms. The average Bonchev–Trinajstić information content (AvgIpc) is 2.65. The first-order valence-corrected chi connectivity index (χ1v) is 5.98. The fourth-order valence-electron chi connectivity index (χ4n) is 2.05. The lowest BCUT2D eigenvalue weighted by molar-refractivity contribution is -0.128. The van der Waals surface area contributed by atoms with E-state index in [-0.39, 0.29) is 23.8 Å². The van der Waals surface area contributed by atoms with Crippen molar-refractivity contribution in [1.82, 2.24) is 10.2 Å². The Morgan fingerprint density at radius 3 is 2.88 bits per heavy atom. The van der Waals surface area contributed by atoms with Crippen molar-refractivity contribution < 1.29 is 19.4 Å². The van der Waals surface area contributed by atoms with E-state index in [1.165, 1.54) is 4.90 Å². The lowest BCUT2D eigenvalue weighted by Crippen LogP contribution is -2.57. The number of alkyl halides is 1. The van der Waals surface area contributed by atoms with Gasteiger partial charge in [-0.15, -0.1) is 11.6 Å². The molecule has 2 saturated heterocycles. The predicted molar refractivity (Wildman–Crippen MR) is 59.4 cm³/mol. The van der Waals surface area contributed by atoms with Crippen LogP contribution in [0.2, 0.25) is 0 Å². The van der Waals surface area contributed by atoms with Gasteiger partial charge < -0.3 is 9.84 Å². The minimum atomic E-state index is -0.467. The van der Waals surface area contributed by atoms with Gasteiger partial charge >= 0.3 is 6.03 Å². The molecule has 2 aliphatic rings. The SMILES string of the molecule is CC1CN([C@H]2C[C@H](Cl)[C@@H](CO)O2)C(=O)NC1=O. The van der Waals surface area contributed by atoms with Gasteiger partial charge in [0.05, 0.1) is 24.0 Å². The van der Waals surface area contributed by atoms with Gasteiger partial charge in [-0.05, 0) is 0 Å². The Morgan fingerprint density at radius 1 is 1.59 bits per heavy atom. The summed E-state index contributed by atoms with van der Waals surface area (Å²) in [6, 6.07) is -0.458. The molecule has 0 bridgehead atoms. The molecule has 2 N–H and O–H groups in total. The summed E-state index contributed by atoms with van der Waals surface area (Å²) in [5, 5.41) is 11.0. The van der Waals surface area contributed by atoms with E-state index in [2.05, 4.69) is 5.32 Å². The molecule has 2 fully saturated rings. The number of hydrogen-bond acceptors (Lipinski definition) is 4. The zero-order valence-corrected chi connectivity index (χ0v) is 10.2. The minimum Gasteiger partial charge on any atom is -0.394 e. The number of nitrogens with zero attached hydrogens (tertiary/aromatic N) is 1. The van der Waals surface area contributed by atoms with Crippen LogP contribution in [0.5, 0.6) is 0 Å². The second-order valence-electron chi connectivity index (χ2n) is 4.41. The smallest absolute Gasteiger partial charge is 0.326 e. The first-order valence-electron chi connectivity index (χ1n) is 5.54. The van der Waals surface area contributed by atoms with Crippen LogP contribution in [0.3, 0.4) is 0 Å². The Bertz CT molecular complexity index is 338. The maximum Gasteiger partial charge on any atom is 0.326 e. The van der Waals surface area contributed by atoms with Gasteiger partial charge in [-0.3, -0.25) is 15.0 Å². The number of hydrogen-bond donors (Lipinski definition) is 2. The molecule has 96 valence electrons. The van der Waals surface area contributed by atoms with Crippen LogP contribution in [0.4, 0.5) is 4.79 Å². The first-order chi connectivity index (χ1) is 8.02. The van der Waals surface area contributed by atoms with Crippen LogP contribution in [0.15, 0.2) is 0 Å². The van der Waals surface area contributed by atoms with Gasteiger partial charge in [0.2, 0.25) is 5.91 Å². The van der Waals surface area contributed by atoms with Crippen molar-refractivity contribution in [2.24, 2.45) is 5.92 Å². The molecule has 6 nitrogen and oxygen atoms in total. The Hall–Kier alpha value is -0.850. The Morgan fingerprint density at radius 2 is 2.29 bits per heavy atom. The monoisotopic (exact) mass is 262 g/mol. The molecule has 3 amide bonds. The molecule has 0 saturated carbocycles. The van der Waals surface area contributed by atoms with Crippen molar-refractivity contribution >= 4 is 23.5 Å². The number of carbonyl (C=O) groups is 2. The maximum atomic E-state index is 11.6. The normalized spacial score (nSPS) is 38.4. The van der Waals surface area contributed by atoms with Crippen molar-refractivity contribution in [1.29, 1.82) is 0 Å². The van der Waals surface area contributed by atoms with E-state index in [9.17, 15) is 9.59 Å². The summed E-state index contributed by atoms with van der Waals surface area (Å²) < 4.78 is 5.49. The highest BCUT2D eigenvalue weighted by Gasteiger charge is 2.41. The molecule has 0 aromatic rings. The molecular formula is C10H15ClN2O4. The van der Waals surface area contributed by atoms with E-state index in [0.717, 1.165) is 0 Å². The summed E-state index contributed by atoms with van der Waals surface area (Å²) in [6.07, 6.45) is -0.464. The number of halogens is 1.